The van der Waals surface area contributed by atoms with E-state index in [1.54, 1.807) is 0 Å². The second kappa shape index (κ2) is 3.79. The summed E-state index contributed by atoms with van der Waals surface area (Å²) in [5.41, 5.74) is -2.19. The molecule has 1 saturated carbocycles. The lowest BCUT2D eigenvalue weighted by molar-refractivity contribution is -0.267. The highest BCUT2D eigenvalue weighted by atomic mass is 19.4. The molecule has 82 valence electrons. The van der Waals surface area contributed by atoms with Gasteiger partial charge in [-0.05, 0) is 25.7 Å². The summed E-state index contributed by atoms with van der Waals surface area (Å²) in [6.45, 7) is 1.49. The zero-order chi connectivity index (χ0) is 10.8. The molecule has 0 spiro atoms. The van der Waals surface area contributed by atoms with E-state index in [1.165, 1.54) is 6.92 Å². The molecule has 0 bridgehead atoms. The first-order valence-corrected chi connectivity index (χ1v) is 4.70. The first kappa shape index (κ1) is 11.3. The summed E-state index contributed by atoms with van der Waals surface area (Å²) in [4.78, 5) is 10.9. The highest BCUT2D eigenvalue weighted by Gasteiger charge is 2.59. The van der Waals surface area contributed by atoms with Gasteiger partial charge in [0.25, 0.3) is 0 Å². The second-order valence-electron chi connectivity index (χ2n) is 3.53. The van der Waals surface area contributed by atoms with Gasteiger partial charge >= 0.3 is 12.1 Å². The maximum absolute atomic E-state index is 12.6. The summed E-state index contributed by atoms with van der Waals surface area (Å²) in [5.74, 6) is -0.774. The van der Waals surface area contributed by atoms with Crippen molar-refractivity contribution in [1.82, 2.24) is 0 Å². The molecule has 0 radical (unpaired) electrons. The summed E-state index contributed by atoms with van der Waals surface area (Å²) in [7, 11) is 0. The Balaban J connectivity index is 2.77. The van der Waals surface area contributed by atoms with E-state index in [9.17, 15) is 18.0 Å². The molecule has 0 atom stereocenters. The van der Waals surface area contributed by atoms with Crippen molar-refractivity contribution >= 4 is 5.97 Å². The number of halogens is 3. The zero-order valence-corrected chi connectivity index (χ0v) is 7.99. The van der Waals surface area contributed by atoms with E-state index >= 15 is 0 Å². The minimum atomic E-state index is -4.44. The molecule has 0 aliphatic heterocycles. The summed E-state index contributed by atoms with van der Waals surface area (Å²) < 4.78 is 42.5. The van der Waals surface area contributed by atoms with Crippen molar-refractivity contribution in [2.45, 2.75) is 50.8 Å². The van der Waals surface area contributed by atoms with E-state index in [1.807, 2.05) is 0 Å². The molecular weight excluding hydrogens is 197 g/mol. The van der Waals surface area contributed by atoms with Crippen LogP contribution in [0.15, 0.2) is 0 Å². The van der Waals surface area contributed by atoms with E-state index in [0.29, 0.717) is 12.8 Å². The number of rotatable bonds is 2. The van der Waals surface area contributed by atoms with Crippen LogP contribution in [0.3, 0.4) is 0 Å². The van der Waals surface area contributed by atoms with Crippen molar-refractivity contribution < 1.29 is 22.7 Å². The zero-order valence-electron chi connectivity index (χ0n) is 7.99. The minimum Gasteiger partial charge on any atom is -0.449 e. The molecular formula is C9H13F3O2. The van der Waals surface area contributed by atoms with Crippen molar-refractivity contribution in [2.75, 3.05) is 0 Å². The number of carbonyl (C=O) groups excluding carboxylic acids is 1. The monoisotopic (exact) mass is 210 g/mol. The van der Waals surface area contributed by atoms with Crippen LogP contribution in [-0.2, 0) is 9.53 Å². The number of alkyl halides is 3. The quantitative estimate of drug-likeness (QED) is 0.655. The Kier molecular flexibility index (Phi) is 3.07. The first-order chi connectivity index (χ1) is 6.41. The Morgan fingerprint density at radius 2 is 1.86 bits per heavy atom. The molecule has 0 aromatic heterocycles. The molecule has 2 nitrogen and oxygen atoms in total. The molecule has 1 aliphatic carbocycles. The molecule has 14 heavy (non-hydrogen) atoms. The van der Waals surface area contributed by atoms with E-state index in [2.05, 4.69) is 4.74 Å². The van der Waals surface area contributed by atoms with Crippen LogP contribution in [0, 0.1) is 0 Å². The fourth-order valence-corrected chi connectivity index (χ4v) is 1.68. The molecule has 0 saturated heterocycles. The Labute approximate surface area is 80.4 Å². The number of ether oxygens (including phenoxy) is 1. The molecule has 1 rings (SSSR count). The molecule has 0 amide bonds. The Morgan fingerprint density at radius 1 is 1.36 bits per heavy atom. The van der Waals surface area contributed by atoms with Crippen LogP contribution in [0.4, 0.5) is 13.2 Å². The first-order valence-electron chi connectivity index (χ1n) is 4.70. The van der Waals surface area contributed by atoms with Gasteiger partial charge < -0.3 is 4.74 Å². The van der Waals surface area contributed by atoms with Crippen LogP contribution in [0.5, 0.6) is 0 Å². The predicted octanol–water partition coefficient (Wildman–Crippen LogP) is 2.81. The van der Waals surface area contributed by atoms with Gasteiger partial charge in [0.1, 0.15) is 0 Å². The van der Waals surface area contributed by atoms with E-state index in [0.717, 1.165) is 0 Å². The molecule has 0 aromatic carbocycles. The van der Waals surface area contributed by atoms with Crippen LogP contribution in [0.1, 0.15) is 39.0 Å². The number of hydrogen-bond acceptors (Lipinski definition) is 2. The van der Waals surface area contributed by atoms with Gasteiger partial charge in [-0.2, -0.15) is 13.2 Å². The van der Waals surface area contributed by atoms with Crippen LogP contribution >= 0.6 is 0 Å². The van der Waals surface area contributed by atoms with E-state index in [-0.39, 0.29) is 19.3 Å². The standard InChI is InChI=1S/C9H13F3O2/c1-2-7(13)14-8(9(10,11)12)5-3-4-6-8/h2-6H2,1H3. The highest BCUT2D eigenvalue weighted by molar-refractivity contribution is 5.69. The summed E-state index contributed by atoms with van der Waals surface area (Å²) >= 11 is 0. The van der Waals surface area contributed by atoms with Crippen LogP contribution < -0.4 is 0 Å². The van der Waals surface area contributed by atoms with Gasteiger partial charge in [0, 0.05) is 6.42 Å². The average molecular weight is 210 g/mol. The molecule has 0 N–H and O–H groups in total. The number of esters is 1. The predicted molar refractivity (Wildman–Crippen MR) is 43.6 cm³/mol. The second-order valence-corrected chi connectivity index (χ2v) is 3.53. The Morgan fingerprint density at radius 3 is 2.21 bits per heavy atom. The van der Waals surface area contributed by atoms with Gasteiger partial charge in [0.2, 0.25) is 5.60 Å². The topological polar surface area (TPSA) is 26.3 Å². The molecule has 1 fully saturated rings. The van der Waals surface area contributed by atoms with Gasteiger partial charge in [-0.15, -0.1) is 0 Å². The van der Waals surface area contributed by atoms with E-state index in [4.69, 9.17) is 0 Å². The lowest BCUT2D eigenvalue weighted by Gasteiger charge is -2.31. The fourth-order valence-electron chi connectivity index (χ4n) is 1.68. The normalized spacial score (nSPS) is 20.9. The van der Waals surface area contributed by atoms with Gasteiger partial charge in [-0.1, -0.05) is 6.92 Å². The maximum atomic E-state index is 12.6. The fraction of sp³-hybridized carbons (Fsp3) is 0.889. The highest BCUT2D eigenvalue weighted by Crippen LogP contribution is 2.45. The molecule has 1 aliphatic rings. The maximum Gasteiger partial charge on any atom is 0.428 e. The van der Waals surface area contributed by atoms with Crippen LogP contribution in [0.25, 0.3) is 0 Å². The molecule has 5 heteroatoms. The third-order valence-corrected chi connectivity index (χ3v) is 2.53. The smallest absolute Gasteiger partial charge is 0.428 e. The molecule has 0 unspecified atom stereocenters. The Bertz CT molecular complexity index is 217. The summed E-state index contributed by atoms with van der Waals surface area (Å²) in [6, 6.07) is 0. The van der Waals surface area contributed by atoms with E-state index < -0.39 is 17.7 Å². The van der Waals surface area contributed by atoms with Crippen molar-refractivity contribution in [3.8, 4) is 0 Å². The van der Waals surface area contributed by atoms with Gasteiger partial charge in [-0.3, -0.25) is 4.79 Å². The largest absolute Gasteiger partial charge is 0.449 e. The van der Waals surface area contributed by atoms with Crippen molar-refractivity contribution in [3.63, 3.8) is 0 Å². The lowest BCUT2D eigenvalue weighted by Crippen LogP contribution is -2.46. The third-order valence-electron chi connectivity index (χ3n) is 2.53. The van der Waals surface area contributed by atoms with Gasteiger partial charge in [-0.25, -0.2) is 0 Å². The third kappa shape index (κ3) is 2.01. The SMILES string of the molecule is CCC(=O)OC1(C(F)(F)F)CCCC1. The minimum absolute atomic E-state index is 0.0160. The Hall–Kier alpha value is -0.740. The van der Waals surface area contributed by atoms with Gasteiger partial charge in [0.15, 0.2) is 0 Å². The van der Waals surface area contributed by atoms with Crippen molar-refractivity contribution in [2.24, 2.45) is 0 Å². The number of carbonyl (C=O) groups is 1. The average Bonchev–Trinajstić information content (AvgIpc) is 2.52. The lowest BCUT2D eigenvalue weighted by atomic mass is 10.0. The summed E-state index contributed by atoms with van der Waals surface area (Å²) in [6.07, 6.45) is -3.70. The van der Waals surface area contributed by atoms with Crippen LogP contribution in [-0.4, -0.2) is 17.7 Å². The van der Waals surface area contributed by atoms with Crippen LogP contribution in [0.2, 0.25) is 0 Å². The van der Waals surface area contributed by atoms with Gasteiger partial charge in [0.05, 0.1) is 0 Å². The molecule has 0 aromatic rings. The molecule has 0 heterocycles. The van der Waals surface area contributed by atoms with Crippen molar-refractivity contribution in [1.29, 1.82) is 0 Å². The summed E-state index contributed by atoms with van der Waals surface area (Å²) in [5, 5.41) is 0. The number of hydrogen-bond donors (Lipinski definition) is 0. The van der Waals surface area contributed by atoms with Crippen molar-refractivity contribution in [3.05, 3.63) is 0 Å².